The van der Waals surface area contributed by atoms with Crippen molar-refractivity contribution in [2.75, 3.05) is 20.2 Å². The Morgan fingerprint density at radius 1 is 1.47 bits per heavy atom. The summed E-state index contributed by atoms with van der Waals surface area (Å²) in [5, 5.41) is 3.35. The van der Waals surface area contributed by atoms with Crippen molar-refractivity contribution in [3.05, 3.63) is 21.9 Å². The van der Waals surface area contributed by atoms with Crippen molar-refractivity contribution in [3.8, 4) is 0 Å². The fourth-order valence-electron chi connectivity index (χ4n) is 2.75. The molecule has 0 radical (unpaired) electrons. The molecular weight excluding hydrogens is 230 g/mol. The molecular formula is C14H23NOS. The van der Waals surface area contributed by atoms with Gasteiger partial charge in [0, 0.05) is 28.3 Å². The summed E-state index contributed by atoms with van der Waals surface area (Å²) in [5.74, 6) is 0. The van der Waals surface area contributed by atoms with Crippen LogP contribution in [0.15, 0.2) is 12.1 Å². The predicted octanol–water partition coefficient (Wildman–Crippen LogP) is 2.87. The van der Waals surface area contributed by atoms with Crippen LogP contribution in [-0.2, 0) is 17.6 Å². The molecule has 2 atom stereocenters. The van der Waals surface area contributed by atoms with E-state index in [1.807, 2.05) is 18.4 Å². The average molecular weight is 253 g/mol. The van der Waals surface area contributed by atoms with Crippen molar-refractivity contribution in [1.82, 2.24) is 5.32 Å². The van der Waals surface area contributed by atoms with Gasteiger partial charge in [0.2, 0.25) is 0 Å². The van der Waals surface area contributed by atoms with Gasteiger partial charge in [0.25, 0.3) is 0 Å². The molecule has 1 aromatic heterocycles. The third kappa shape index (κ3) is 2.72. The maximum atomic E-state index is 5.79. The summed E-state index contributed by atoms with van der Waals surface area (Å²) in [6.07, 6.45) is 3.84. The van der Waals surface area contributed by atoms with Gasteiger partial charge in [0.05, 0.1) is 6.10 Å². The molecule has 1 aromatic rings. The Labute approximate surface area is 108 Å². The van der Waals surface area contributed by atoms with Crippen molar-refractivity contribution in [3.63, 3.8) is 0 Å². The molecule has 1 N–H and O–H groups in total. The van der Waals surface area contributed by atoms with Crippen molar-refractivity contribution in [1.29, 1.82) is 0 Å². The molecule has 96 valence electrons. The van der Waals surface area contributed by atoms with Gasteiger partial charge in [-0.15, -0.1) is 11.3 Å². The van der Waals surface area contributed by atoms with E-state index in [2.05, 4.69) is 31.3 Å². The van der Waals surface area contributed by atoms with Crippen LogP contribution >= 0.6 is 11.3 Å². The standard InChI is InChI=1S/C14H23NOS/c1-4-12-5-6-13(17-12)9-14(10-15-3)7-8-16-11(14)2/h5-6,11,15H,4,7-10H2,1-3H3. The second-order valence-electron chi connectivity index (χ2n) is 5.05. The van der Waals surface area contributed by atoms with Gasteiger partial charge in [-0.25, -0.2) is 0 Å². The van der Waals surface area contributed by atoms with Gasteiger partial charge < -0.3 is 10.1 Å². The SMILES string of the molecule is CCc1ccc(CC2(CNC)CCOC2C)s1. The number of ether oxygens (including phenoxy) is 1. The highest BCUT2D eigenvalue weighted by atomic mass is 32.1. The number of rotatable bonds is 5. The Morgan fingerprint density at radius 3 is 2.76 bits per heavy atom. The number of hydrogen-bond donors (Lipinski definition) is 1. The third-order valence-electron chi connectivity index (χ3n) is 3.95. The van der Waals surface area contributed by atoms with Crippen LogP contribution in [0.4, 0.5) is 0 Å². The van der Waals surface area contributed by atoms with Crippen molar-refractivity contribution in [2.24, 2.45) is 5.41 Å². The summed E-state index contributed by atoms with van der Waals surface area (Å²) in [4.78, 5) is 3.00. The van der Waals surface area contributed by atoms with E-state index in [1.54, 1.807) is 0 Å². The molecule has 0 spiro atoms. The lowest BCUT2D eigenvalue weighted by atomic mass is 9.78. The molecule has 0 amide bonds. The lowest BCUT2D eigenvalue weighted by Gasteiger charge is -2.31. The first-order valence-corrected chi connectivity index (χ1v) is 7.35. The van der Waals surface area contributed by atoms with Crippen molar-refractivity contribution < 1.29 is 4.74 Å². The Morgan fingerprint density at radius 2 is 2.24 bits per heavy atom. The van der Waals surface area contributed by atoms with Gasteiger partial charge in [0.15, 0.2) is 0 Å². The smallest absolute Gasteiger partial charge is 0.0619 e. The minimum Gasteiger partial charge on any atom is -0.378 e. The Kier molecular flexibility index (Phi) is 4.23. The van der Waals surface area contributed by atoms with Crippen LogP contribution in [0.1, 0.15) is 30.0 Å². The van der Waals surface area contributed by atoms with Crippen LogP contribution in [-0.4, -0.2) is 26.3 Å². The molecule has 1 aliphatic rings. The zero-order valence-corrected chi connectivity index (χ0v) is 11.9. The first-order valence-electron chi connectivity index (χ1n) is 6.54. The largest absolute Gasteiger partial charge is 0.378 e. The molecule has 0 aromatic carbocycles. The highest BCUT2D eigenvalue weighted by Gasteiger charge is 2.41. The zero-order chi connectivity index (χ0) is 12.3. The molecule has 2 unspecified atom stereocenters. The van der Waals surface area contributed by atoms with Gasteiger partial charge in [-0.1, -0.05) is 6.92 Å². The number of thiophene rings is 1. The summed E-state index contributed by atoms with van der Waals surface area (Å²) in [6, 6.07) is 4.57. The van der Waals surface area contributed by atoms with Gasteiger partial charge in [0.1, 0.15) is 0 Å². The van der Waals surface area contributed by atoms with Gasteiger partial charge in [-0.3, -0.25) is 0 Å². The maximum Gasteiger partial charge on any atom is 0.0619 e. The molecule has 3 heteroatoms. The van der Waals surface area contributed by atoms with E-state index in [9.17, 15) is 0 Å². The molecule has 17 heavy (non-hydrogen) atoms. The molecule has 1 aliphatic heterocycles. The third-order valence-corrected chi connectivity index (χ3v) is 5.18. The van der Waals surface area contributed by atoms with E-state index in [0.29, 0.717) is 11.5 Å². The first-order chi connectivity index (χ1) is 8.20. The van der Waals surface area contributed by atoms with E-state index in [0.717, 1.165) is 26.0 Å². The van der Waals surface area contributed by atoms with Crippen LogP contribution in [0.25, 0.3) is 0 Å². The van der Waals surface area contributed by atoms with Crippen LogP contribution in [0, 0.1) is 5.41 Å². The van der Waals surface area contributed by atoms with E-state index in [-0.39, 0.29) is 0 Å². The predicted molar refractivity (Wildman–Crippen MR) is 73.8 cm³/mol. The molecule has 0 saturated carbocycles. The first kappa shape index (κ1) is 13.1. The lowest BCUT2D eigenvalue weighted by Crippen LogP contribution is -2.39. The van der Waals surface area contributed by atoms with E-state index in [4.69, 9.17) is 4.74 Å². The normalized spacial score (nSPS) is 28.8. The van der Waals surface area contributed by atoms with Crippen LogP contribution in [0.3, 0.4) is 0 Å². The average Bonchev–Trinajstić information content (AvgIpc) is 2.89. The van der Waals surface area contributed by atoms with Gasteiger partial charge >= 0.3 is 0 Å². The molecule has 2 heterocycles. The molecule has 0 aliphatic carbocycles. The maximum absolute atomic E-state index is 5.79. The fourth-order valence-corrected chi connectivity index (χ4v) is 3.87. The summed E-state index contributed by atoms with van der Waals surface area (Å²) in [7, 11) is 2.04. The molecule has 2 nitrogen and oxygen atoms in total. The Bertz CT molecular complexity index is 363. The number of hydrogen-bond acceptors (Lipinski definition) is 3. The van der Waals surface area contributed by atoms with Gasteiger partial charge in [-0.2, -0.15) is 0 Å². The Balaban J connectivity index is 2.12. The highest BCUT2D eigenvalue weighted by Crippen LogP contribution is 2.39. The summed E-state index contributed by atoms with van der Waals surface area (Å²) in [5.41, 5.74) is 0.296. The number of aryl methyl sites for hydroxylation is 1. The quantitative estimate of drug-likeness (QED) is 0.871. The summed E-state index contributed by atoms with van der Waals surface area (Å²) < 4.78 is 5.79. The fraction of sp³-hybridized carbons (Fsp3) is 0.714. The molecule has 1 fully saturated rings. The van der Waals surface area contributed by atoms with Crippen LogP contribution < -0.4 is 5.32 Å². The molecule has 2 rings (SSSR count). The monoisotopic (exact) mass is 253 g/mol. The second-order valence-corrected chi connectivity index (χ2v) is 6.31. The van der Waals surface area contributed by atoms with Crippen LogP contribution in [0.2, 0.25) is 0 Å². The summed E-state index contributed by atoms with van der Waals surface area (Å²) >= 11 is 1.96. The van der Waals surface area contributed by atoms with E-state index in [1.165, 1.54) is 16.2 Å². The highest BCUT2D eigenvalue weighted by molar-refractivity contribution is 7.11. The number of nitrogens with one attached hydrogen (secondary N) is 1. The van der Waals surface area contributed by atoms with Gasteiger partial charge in [-0.05, 0) is 45.4 Å². The van der Waals surface area contributed by atoms with Crippen molar-refractivity contribution >= 4 is 11.3 Å². The zero-order valence-electron chi connectivity index (χ0n) is 11.1. The molecule has 1 saturated heterocycles. The lowest BCUT2D eigenvalue weighted by molar-refractivity contribution is 0.0644. The van der Waals surface area contributed by atoms with E-state index < -0.39 is 0 Å². The topological polar surface area (TPSA) is 21.3 Å². The minimum atomic E-state index is 0.296. The Hall–Kier alpha value is -0.380. The van der Waals surface area contributed by atoms with E-state index >= 15 is 0 Å². The second kappa shape index (κ2) is 5.51. The summed E-state index contributed by atoms with van der Waals surface area (Å²) in [6.45, 7) is 6.40. The van der Waals surface area contributed by atoms with Crippen molar-refractivity contribution in [2.45, 2.75) is 39.2 Å². The minimum absolute atomic E-state index is 0.296. The van der Waals surface area contributed by atoms with Crippen LogP contribution in [0.5, 0.6) is 0 Å². The molecule has 0 bridgehead atoms.